The summed E-state index contributed by atoms with van der Waals surface area (Å²) in [6.45, 7) is 3.00. The molecule has 2 rings (SSSR count). The summed E-state index contributed by atoms with van der Waals surface area (Å²) in [5.41, 5.74) is 2.78. The van der Waals surface area contributed by atoms with Crippen molar-refractivity contribution in [1.82, 2.24) is 0 Å². The van der Waals surface area contributed by atoms with Crippen molar-refractivity contribution in [2.45, 2.75) is 19.4 Å². The Morgan fingerprint density at radius 3 is 3.25 bits per heavy atom. The summed E-state index contributed by atoms with van der Waals surface area (Å²) >= 11 is 0. The van der Waals surface area contributed by atoms with Gasteiger partial charge >= 0.3 is 0 Å². The second-order valence-corrected chi connectivity index (χ2v) is 3.13. The van der Waals surface area contributed by atoms with Crippen molar-refractivity contribution in [3.8, 4) is 0 Å². The highest BCUT2D eigenvalue weighted by Gasteiger charge is 2.16. The van der Waals surface area contributed by atoms with Crippen LogP contribution in [0.5, 0.6) is 0 Å². The summed E-state index contributed by atoms with van der Waals surface area (Å²) in [7, 11) is 0. The molecular weight excluding hydrogens is 148 g/mol. The third kappa shape index (κ3) is 1.24. The van der Waals surface area contributed by atoms with E-state index in [9.17, 15) is 0 Å². The molecule has 2 aliphatic rings. The van der Waals surface area contributed by atoms with E-state index in [0.29, 0.717) is 0 Å². The Morgan fingerprint density at radius 2 is 2.33 bits per heavy atom. The Kier molecular flexibility index (Phi) is 1.90. The summed E-state index contributed by atoms with van der Waals surface area (Å²) in [4.78, 5) is 0. The maximum Gasteiger partial charge on any atom is 0.111 e. The van der Waals surface area contributed by atoms with Crippen LogP contribution in [0.3, 0.4) is 0 Å². The van der Waals surface area contributed by atoms with Gasteiger partial charge in [-0.3, -0.25) is 0 Å². The molecule has 0 saturated heterocycles. The average Bonchev–Trinajstić information content (AvgIpc) is 2.29. The van der Waals surface area contributed by atoms with Crippen LogP contribution in [0.15, 0.2) is 45.7 Å². The topological polar surface area (TPSA) is 24.7 Å². The zero-order valence-electron chi connectivity index (χ0n) is 7.20. The first kappa shape index (κ1) is 7.47. The van der Waals surface area contributed by atoms with Gasteiger partial charge in [-0.15, -0.1) is 0 Å². The fourth-order valence-corrected chi connectivity index (χ4v) is 1.60. The van der Waals surface area contributed by atoms with Crippen LogP contribution < -0.4 is 0 Å². The number of rotatable bonds is 0. The lowest BCUT2D eigenvalue weighted by Gasteiger charge is -2.16. The van der Waals surface area contributed by atoms with Gasteiger partial charge in [-0.05, 0) is 24.5 Å². The van der Waals surface area contributed by atoms with Gasteiger partial charge in [-0.1, -0.05) is 24.3 Å². The molecule has 2 heteroatoms. The molecule has 12 heavy (non-hydrogen) atoms. The average molecular weight is 160 g/mol. The van der Waals surface area contributed by atoms with Crippen LogP contribution in [0.25, 0.3) is 0 Å². The molecule has 0 amide bonds. The van der Waals surface area contributed by atoms with Gasteiger partial charge in [0.05, 0.1) is 6.54 Å². The van der Waals surface area contributed by atoms with E-state index in [0.717, 1.165) is 13.0 Å². The third-order valence-electron chi connectivity index (χ3n) is 2.30. The number of hydrogen-bond donors (Lipinski definition) is 0. The van der Waals surface area contributed by atoms with Crippen molar-refractivity contribution < 1.29 is 0 Å². The molecule has 2 nitrogen and oxygen atoms in total. The third-order valence-corrected chi connectivity index (χ3v) is 2.30. The van der Waals surface area contributed by atoms with Crippen molar-refractivity contribution >= 4 is 0 Å². The summed E-state index contributed by atoms with van der Waals surface area (Å²) in [6.07, 6.45) is 9.42. The maximum absolute atomic E-state index is 4.20. The molecule has 1 heterocycles. The Hall–Kier alpha value is -1.18. The molecule has 62 valence electrons. The largest absolute Gasteiger partial charge is 0.193 e. The Balaban J connectivity index is 2.42. The lowest BCUT2D eigenvalue weighted by atomic mass is 9.99. The highest BCUT2D eigenvalue weighted by atomic mass is 15.1. The molecule has 0 spiro atoms. The van der Waals surface area contributed by atoms with Crippen molar-refractivity contribution in [3.63, 3.8) is 0 Å². The van der Waals surface area contributed by atoms with E-state index in [4.69, 9.17) is 0 Å². The van der Waals surface area contributed by atoms with Gasteiger partial charge in [0.2, 0.25) is 0 Å². The number of fused-ring (bicyclic) bond motifs is 1. The molecule has 1 aliphatic heterocycles. The molecule has 0 radical (unpaired) electrons. The minimum atomic E-state index is 0.216. The van der Waals surface area contributed by atoms with E-state index in [1.165, 1.54) is 11.1 Å². The molecular formula is C10H12N2. The zero-order chi connectivity index (χ0) is 8.39. The first-order valence-electron chi connectivity index (χ1n) is 4.29. The van der Waals surface area contributed by atoms with Gasteiger partial charge in [0.1, 0.15) is 6.04 Å². The van der Waals surface area contributed by atoms with Crippen LogP contribution >= 0.6 is 0 Å². The fourth-order valence-electron chi connectivity index (χ4n) is 1.60. The van der Waals surface area contributed by atoms with Gasteiger partial charge in [0.25, 0.3) is 0 Å². The summed E-state index contributed by atoms with van der Waals surface area (Å²) in [6, 6.07) is 0.216. The van der Waals surface area contributed by atoms with E-state index in [1.54, 1.807) is 0 Å². The second kappa shape index (κ2) is 3.05. The van der Waals surface area contributed by atoms with Gasteiger partial charge in [-0.25, -0.2) is 0 Å². The van der Waals surface area contributed by atoms with Crippen LogP contribution in [0, 0.1) is 0 Å². The summed E-state index contributed by atoms with van der Waals surface area (Å²) < 4.78 is 0. The predicted octanol–water partition coefficient (Wildman–Crippen LogP) is 2.65. The number of azo groups is 1. The standard InChI is InChI=1S/C10H12N2/c1-8-4-2-3-5-10-9(8)6-7-11-12-10/h2-5,10H,6-7H2,1H3. The van der Waals surface area contributed by atoms with Crippen LogP contribution in [0.2, 0.25) is 0 Å². The van der Waals surface area contributed by atoms with Crippen LogP contribution in [-0.2, 0) is 0 Å². The smallest absolute Gasteiger partial charge is 0.111 e. The van der Waals surface area contributed by atoms with Crippen molar-refractivity contribution in [3.05, 3.63) is 35.5 Å². The number of nitrogens with zero attached hydrogens (tertiary/aromatic N) is 2. The summed E-state index contributed by atoms with van der Waals surface area (Å²) in [5.74, 6) is 0. The van der Waals surface area contributed by atoms with Crippen molar-refractivity contribution in [2.24, 2.45) is 10.2 Å². The van der Waals surface area contributed by atoms with E-state index < -0.39 is 0 Å². The van der Waals surface area contributed by atoms with Gasteiger partial charge < -0.3 is 0 Å². The molecule has 0 fully saturated rings. The molecule has 0 aromatic carbocycles. The maximum atomic E-state index is 4.20. The number of hydrogen-bond acceptors (Lipinski definition) is 2. The molecule has 0 aromatic rings. The minimum Gasteiger partial charge on any atom is -0.193 e. The molecule has 1 aliphatic carbocycles. The van der Waals surface area contributed by atoms with Crippen molar-refractivity contribution in [1.29, 1.82) is 0 Å². The predicted molar refractivity (Wildman–Crippen MR) is 49.1 cm³/mol. The molecule has 0 saturated carbocycles. The zero-order valence-corrected chi connectivity index (χ0v) is 7.20. The van der Waals surface area contributed by atoms with Crippen LogP contribution in [0.4, 0.5) is 0 Å². The van der Waals surface area contributed by atoms with E-state index in [-0.39, 0.29) is 6.04 Å². The lowest BCUT2D eigenvalue weighted by Crippen LogP contribution is -2.11. The monoisotopic (exact) mass is 160 g/mol. The molecule has 0 bridgehead atoms. The van der Waals surface area contributed by atoms with Gasteiger partial charge in [0, 0.05) is 0 Å². The SMILES string of the molecule is CC1=C2CCN=NC2C=CC=C1. The summed E-state index contributed by atoms with van der Waals surface area (Å²) in [5, 5.41) is 8.25. The second-order valence-electron chi connectivity index (χ2n) is 3.13. The minimum absolute atomic E-state index is 0.216. The van der Waals surface area contributed by atoms with Crippen molar-refractivity contribution in [2.75, 3.05) is 6.54 Å². The Morgan fingerprint density at radius 1 is 1.42 bits per heavy atom. The molecule has 0 N–H and O–H groups in total. The quantitative estimate of drug-likeness (QED) is 0.520. The first-order chi connectivity index (χ1) is 5.88. The molecule has 1 unspecified atom stereocenters. The van der Waals surface area contributed by atoms with Gasteiger partial charge in [0.15, 0.2) is 0 Å². The highest BCUT2D eigenvalue weighted by molar-refractivity contribution is 5.36. The van der Waals surface area contributed by atoms with E-state index in [2.05, 4.69) is 35.4 Å². The molecule has 1 atom stereocenters. The van der Waals surface area contributed by atoms with Gasteiger partial charge in [-0.2, -0.15) is 10.2 Å². The normalized spacial score (nSPS) is 27.2. The first-order valence-corrected chi connectivity index (χ1v) is 4.29. The lowest BCUT2D eigenvalue weighted by molar-refractivity contribution is 0.695. The van der Waals surface area contributed by atoms with E-state index in [1.807, 2.05) is 6.08 Å². The number of allylic oxidation sites excluding steroid dienone is 4. The fraction of sp³-hybridized carbons (Fsp3) is 0.400. The van der Waals surface area contributed by atoms with E-state index >= 15 is 0 Å². The van der Waals surface area contributed by atoms with Crippen LogP contribution in [0.1, 0.15) is 13.3 Å². The van der Waals surface area contributed by atoms with Crippen LogP contribution in [-0.4, -0.2) is 12.6 Å². The highest BCUT2D eigenvalue weighted by Crippen LogP contribution is 2.24. The Bertz CT molecular complexity index is 295. The Labute approximate surface area is 72.4 Å². The molecule has 0 aromatic heterocycles.